The number of carbonyl (C=O) groups is 2. The van der Waals surface area contributed by atoms with Crippen LogP contribution in [-0.4, -0.2) is 74.6 Å². The number of ether oxygens (including phenoxy) is 1. The summed E-state index contributed by atoms with van der Waals surface area (Å²) in [6.07, 6.45) is 1.66. The average molecular weight is 717 g/mol. The van der Waals surface area contributed by atoms with Crippen molar-refractivity contribution in [2.45, 2.75) is 44.7 Å². The number of aliphatic imine (C=N–C) groups is 1. The van der Waals surface area contributed by atoms with Gasteiger partial charge >= 0.3 is 7.12 Å². The smallest absolute Gasteiger partial charge is 0.488 e. The van der Waals surface area contributed by atoms with Crippen LogP contribution < -0.4 is 15.5 Å². The second kappa shape index (κ2) is 15.1. The largest absolute Gasteiger partial charge is 0.497 e. The summed E-state index contributed by atoms with van der Waals surface area (Å²) in [5.41, 5.74) is 6.11. The third kappa shape index (κ3) is 7.36. The number of piperidine rings is 1. The molecule has 0 aliphatic carbocycles. The molecule has 3 N–H and O–H groups in total. The van der Waals surface area contributed by atoms with E-state index in [0.717, 1.165) is 35.2 Å². The van der Waals surface area contributed by atoms with Crippen LogP contribution in [0.15, 0.2) is 96.0 Å². The Bertz CT molecular complexity index is 2150. The Morgan fingerprint density at radius 3 is 2.48 bits per heavy atom. The van der Waals surface area contributed by atoms with Crippen molar-refractivity contribution in [3.63, 3.8) is 0 Å². The lowest BCUT2D eigenvalue weighted by molar-refractivity contribution is -0.121. The second-order valence-electron chi connectivity index (χ2n) is 13.1. The van der Waals surface area contributed by atoms with Gasteiger partial charge < -0.3 is 25.0 Å². The highest BCUT2D eigenvalue weighted by Crippen LogP contribution is 2.35. The van der Waals surface area contributed by atoms with Gasteiger partial charge in [-0.15, -0.1) is 10.2 Å². The van der Waals surface area contributed by atoms with Gasteiger partial charge in [0.25, 0.3) is 5.91 Å². The third-order valence-corrected chi connectivity index (χ3v) is 10.0. The van der Waals surface area contributed by atoms with E-state index in [1.165, 1.54) is 11.6 Å². The molecule has 5 aromatic rings. The third-order valence-electron chi connectivity index (χ3n) is 9.76. The maximum absolute atomic E-state index is 13.6. The molecule has 1 fully saturated rings. The predicted octanol–water partition coefficient (Wildman–Crippen LogP) is 4.54. The van der Waals surface area contributed by atoms with Crippen molar-refractivity contribution in [2.24, 2.45) is 4.99 Å². The van der Waals surface area contributed by atoms with Crippen LogP contribution in [0.25, 0.3) is 5.69 Å². The van der Waals surface area contributed by atoms with Crippen LogP contribution in [0.2, 0.25) is 5.02 Å². The summed E-state index contributed by atoms with van der Waals surface area (Å²) in [5, 5.41) is 31.6. The Morgan fingerprint density at radius 1 is 0.962 bits per heavy atom. The monoisotopic (exact) mass is 716 g/mol. The number of hydrogen-bond donors (Lipinski definition) is 3. The molecule has 0 spiro atoms. The van der Waals surface area contributed by atoms with Gasteiger partial charge in [0.15, 0.2) is 5.82 Å². The lowest BCUT2D eigenvalue weighted by Crippen LogP contribution is -2.39. The van der Waals surface area contributed by atoms with Gasteiger partial charge in [0.2, 0.25) is 5.91 Å². The Labute approximate surface area is 307 Å². The van der Waals surface area contributed by atoms with E-state index in [-0.39, 0.29) is 24.2 Å². The summed E-state index contributed by atoms with van der Waals surface area (Å²) in [4.78, 5) is 33.7. The Hall–Kier alpha value is -5.30. The number of benzene rings is 4. The Morgan fingerprint density at radius 2 is 1.73 bits per heavy atom. The molecular formula is C39H38BClN6O5. The van der Waals surface area contributed by atoms with Gasteiger partial charge in [-0.3, -0.25) is 19.1 Å². The number of hydrogen-bond acceptors (Lipinski definition) is 8. The summed E-state index contributed by atoms with van der Waals surface area (Å²) in [6.45, 7) is 3.42. The van der Waals surface area contributed by atoms with E-state index in [2.05, 4.69) is 27.6 Å². The zero-order valence-electron chi connectivity index (χ0n) is 28.9. The van der Waals surface area contributed by atoms with Crippen molar-refractivity contribution in [1.29, 1.82) is 0 Å². The Balaban J connectivity index is 1.04. The zero-order valence-corrected chi connectivity index (χ0v) is 29.6. The highest BCUT2D eigenvalue weighted by atomic mass is 35.5. The molecule has 11 nitrogen and oxygen atoms in total. The summed E-state index contributed by atoms with van der Waals surface area (Å²) < 4.78 is 7.52. The van der Waals surface area contributed by atoms with Crippen molar-refractivity contribution < 1.29 is 24.4 Å². The maximum Gasteiger partial charge on any atom is 0.488 e. The zero-order chi connectivity index (χ0) is 36.4. The average Bonchev–Trinajstić information content (AvgIpc) is 3.50. The van der Waals surface area contributed by atoms with Gasteiger partial charge in [-0.2, -0.15) is 0 Å². The fraction of sp³-hybridized carbons (Fsp3) is 0.256. The molecule has 52 heavy (non-hydrogen) atoms. The minimum Gasteiger partial charge on any atom is -0.497 e. The topological polar surface area (TPSA) is 142 Å². The first-order valence-electron chi connectivity index (χ1n) is 17.2. The number of methoxy groups -OCH3 is 1. The van der Waals surface area contributed by atoms with E-state index < -0.39 is 13.2 Å². The number of halogens is 1. The highest BCUT2D eigenvalue weighted by Gasteiger charge is 2.30. The van der Waals surface area contributed by atoms with E-state index in [0.29, 0.717) is 58.8 Å². The first-order chi connectivity index (χ1) is 25.2. The number of rotatable bonds is 9. The Kier molecular flexibility index (Phi) is 10.2. The van der Waals surface area contributed by atoms with Gasteiger partial charge in [-0.25, -0.2) is 0 Å². The second-order valence-corrected chi connectivity index (χ2v) is 13.6. The van der Waals surface area contributed by atoms with E-state index in [9.17, 15) is 19.6 Å². The first-order valence-corrected chi connectivity index (χ1v) is 17.6. The summed E-state index contributed by atoms with van der Waals surface area (Å²) in [5.74, 6) is 1.92. The van der Waals surface area contributed by atoms with Gasteiger partial charge in [-0.1, -0.05) is 60.1 Å². The van der Waals surface area contributed by atoms with E-state index in [4.69, 9.17) is 21.3 Å². The quantitative estimate of drug-likeness (QED) is 0.190. The fourth-order valence-electron chi connectivity index (χ4n) is 7.01. The molecule has 0 saturated carbocycles. The van der Waals surface area contributed by atoms with Gasteiger partial charge in [0.1, 0.15) is 17.6 Å². The van der Waals surface area contributed by atoms with Crippen molar-refractivity contribution in [3.05, 3.63) is 135 Å². The molecule has 264 valence electrons. The van der Waals surface area contributed by atoms with Gasteiger partial charge in [0.05, 0.1) is 24.9 Å². The molecular weight excluding hydrogens is 679 g/mol. The van der Waals surface area contributed by atoms with Crippen LogP contribution in [0.3, 0.4) is 0 Å². The van der Waals surface area contributed by atoms with E-state index in [1.807, 2.05) is 71.0 Å². The van der Waals surface area contributed by atoms with Crippen molar-refractivity contribution in [1.82, 2.24) is 25.0 Å². The molecule has 7 rings (SSSR count). The lowest BCUT2D eigenvalue weighted by atomic mass is 9.79. The van der Waals surface area contributed by atoms with Crippen molar-refractivity contribution >= 4 is 41.7 Å². The normalized spacial score (nSPS) is 15.6. The molecule has 2 aliphatic heterocycles. The number of aromatic nitrogens is 3. The molecule has 0 radical (unpaired) electrons. The first kappa shape index (κ1) is 35.1. The van der Waals surface area contributed by atoms with Crippen LogP contribution in [0.4, 0.5) is 0 Å². The summed E-state index contributed by atoms with van der Waals surface area (Å²) >= 11 is 6.23. The fourth-order valence-corrected chi connectivity index (χ4v) is 7.14. The van der Waals surface area contributed by atoms with Gasteiger partial charge in [-0.05, 0) is 84.7 Å². The van der Waals surface area contributed by atoms with Crippen LogP contribution >= 0.6 is 11.6 Å². The lowest BCUT2D eigenvalue weighted by Gasteiger charge is -2.32. The van der Waals surface area contributed by atoms with Crippen LogP contribution in [0.5, 0.6) is 5.75 Å². The van der Waals surface area contributed by atoms with Crippen molar-refractivity contribution in [3.8, 4) is 11.4 Å². The van der Waals surface area contributed by atoms with Gasteiger partial charge in [0, 0.05) is 41.3 Å². The number of carbonyl (C=O) groups excluding carboxylic acids is 2. The minimum atomic E-state index is -1.62. The molecule has 13 heteroatoms. The molecule has 2 aliphatic rings. The van der Waals surface area contributed by atoms with Crippen LogP contribution in [0.1, 0.15) is 75.5 Å². The number of fused-ring (bicyclic) bond motifs is 3. The van der Waals surface area contributed by atoms with Crippen LogP contribution in [-0.2, 0) is 11.3 Å². The van der Waals surface area contributed by atoms with E-state index >= 15 is 0 Å². The number of likely N-dealkylation sites (tertiary alicyclic amines) is 1. The molecule has 0 bridgehead atoms. The minimum absolute atomic E-state index is 0.0622. The SMILES string of the molecule is COc1ccc2c(c1)C(c1ccc(Cl)cc1)=N[C@@H](CC(=O)NCc1cccc(C3CCN(C(=O)c4cccc(B(O)O)c4)CC3)c1)c1nnc(C)n1-2. The highest BCUT2D eigenvalue weighted by molar-refractivity contribution is 6.58. The molecule has 0 unspecified atom stereocenters. The van der Waals surface area contributed by atoms with E-state index in [1.54, 1.807) is 25.3 Å². The summed E-state index contributed by atoms with van der Waals surface area (Å²) in [6, 6.07) is 27.3. The number of amides is 2. The predicted molar refractivity (Wildman–Crippen MR) is 200 cm³/mol. The molecule has 1 aromatic heterocycles. The number of nitrogens with one attached hydrogen (secondary N) is 1. The number of nitrogens with zero attached hydrogens (tertiary/aromatic N) is 5. The molecule has 3 heterocycles. The standard InChI is InChI=1S/C39H38BClN6O5/c1-24-44-45-38-34(43-37(27-9-11-31(41)12-10-27)33-21-32(52-2)13-14-35(33)47(24)38)22-36(48)42-23-25-5-3-6-28(19-25)26-15-17-46(18-16-26)39(49)29-7-4-8-30(20-29)40(50)51/h3-14,19-21,26,34,50-51H,15-18,22-23H2,1-2H3,(H,42,48)/t34-/m0/s1. The maximum atomic E-state index is 13.6. The molecule has 4 aromatic carbocycles. The van der Waals surface area contributed by atoms with Crippen LogP contribution in [0, 0.1) is 6.92 Å². The molecule has 1 saturated heterocycles. The van der Waals surface area contributed by atoms with Crippen molar-refractivity contribution in [2.75, 3.05) is 20.2 Å². The number of aryl methyl sites for hydroxylation is 1. The molecule has 1 atom stereocenters. The summed E-state index contributed by atoms with van der Waals surface area (Å²) in [7, 11) is -0.000833. The molecule has 2 amide bonds.